The molecule has 0 aromatic heterocycles. The van der Waals surface area contributed by atoms with Gasteiger partial charge in [-0.25, -0.2) is 4.79 Å². The Kier molecular flexibility index (Phi) is 4.88. The van der Waals surface area contributed by atoms with Gasteiger partial charge in [0.15, 0.2) is 0 Å². The minimum Gasteiger partial charge on any atom is -0.443 e. The number of nitrogens with one attached hydrogen (secondary N) is 1. The van der Waals surface area contributed by atoms with Crippen LogP contribution in [0, 0.1) is 5.92 Å². The molecule has 0 aliphatic carbocycles. The van der Waals surface area contributed by atoms with Crippen LogP contribution in [0.25, 0.3) is 0 Å². The lowest BCUT2D eigenvalue weighted by atomic mass is 9.93. The van der Waals surface area contributed by atoms with Gasteiger partial charge in [0.05, 0.1) is 6.04 Å². The van der Waals surface area contributed by atoms with Crippen LogP contribution in [0.15, 0.2) is 30.3 Å². The Morgan fingerprint density at radius 1 is 1.29 bits per heavy atom. The first kappa shape index (κ1) is 15.8. The highest BCUT2D eigenvalue weighted by atomic mass is 16.6. The van der Waals surface area contributed by atoms with Crippen molar-refractivity contribution in [1.82, 2.24) is 5.32 Å². The Labute approximate surface area is 127 Å². The number of ether oxygens (including phenoxy) is 1. The van der Waals surface area contributed by atoms with Crippen molar-refractivity contribution in [3.8, 4) is 0 Å². The number of piperidine rings is 1. The number of amides is 1. The van der Waals surface area contributed by atoms with Crippen LogP contribution in [0.3, 0.4) is 0 Å². The molecule has 116 valence electrons. The maximum atomic E-state index is 12.7. The largest absolute Gasteiger partial charge is 0.443 e. The summed E-state index contributed by atoms with van der Waals surface area (Å²) in [5.74, 6) is 0.443. The fourth-order valence-electron chi connectivity index (χ4n) is 2.65. The van der Waals surface area contributed by atoms with Gasteiger partial charge < -0.3 is 10.1 Å². The first-order chi connectivity index (χ1) is 9.88. The van der Waals surface area contributed by atoms with Crippen LogP contribution in [0.2, 0.25) is 0 Å². The molecule has 1 fully saturated rings. The summed E-state index contributed by atoms with van der Waals surface area (Å²) >= 11 is 0. The molecule has 4 heteroatoms. The van der Waals surface area contributed by atoms with Crippen LogP contribution in [0.4, 0.5) is 10.5 Å². The van der Waals surface area contributed by atoms with Gasteiger partial charge in [-0.15, -0.1) is 0 Å². The Bertz CT molecular complexity index is 467. The van der Waals surface area contributed by atoms with Crippen molar-refractivity contribution in [3.63, 3.8) is 0 Å². The summed E-state index contributed by atoms with van der Waals surface area (Å²) < 4.78 is 5.62. The van der Waals surface area contributed by atoms with Crippen LogP contribution in [0.1, 0.15) is 34.1 Å². The van der Waals surface area contributed by atoms with Crippen LogP contribution >= 0.6 is 0 Å². The number of benzene rings is 1. The van der Waals surface area contributed by atoms with Crippen molar-refractivity contribution in [2.45, 2.75) is 45.8 Å². The molecule has 0 saturated carbocycles. The van der Waals surface area contributed by atoms with Gasteiger partial charge in [-0.3, -0.25) is 4.90 Å². The summed E-state index contributed by atoms with van der Waals surface area (Å²) in [5.41, 5.74) is 0.405. The second kappa shape index (κ2) is 6.48. The number of nitrogens with zero attached hydrogens (tertiary/aromatic N) is 1. The Hall–Kier alpha value is -1.55. The van der Waals surface area contributed by atoms with Crippen molar-refractivity contribution in [2.75, 3.05) is 18.0 Å². The van der Waals surface area contributed by atoms with Gasteiger partial charge in [0.1, 0.15) is 5.60 Å². The van der Waals surface area contributed by atoms with Crippen molar-refractivity contribution in [2.24, 2.45) is 5.92 Å². The normalized spacial score (nSPS) is 22.7. The SMILES string of the molecule is CC1CCNCC1N(C(=O)OC(C)(C)C)c1ccccc1. The van der Waals surface area contributed by atoms with Crippen molar-refractivity contribution >= 4 is 11.8 Å². The summed E-state index contributed by atoms with van der Waals surface area (Å²) in [6.07, 6.45) is 0.797. The summed E-state index contributed by atoms with van der Waals surface area (Å²) in [6.45, 7) is 9.71. The standard InChI is InChI=1S/C17H26N2O2/c1-13-10-11-18-12-15(13)19(14-8-6-5-7-9-14)16(20)21-17(2,3)4/h5-9,13,15,18H,10-12H2,1-4H3. The lowest BCUT2D eigenvalue weighted by Gasteiger charge is -2.39. The molecule has 1 heterocycles. The smallest absolute Gasteiger partial charge is 0.415 e. The maximum absolute atomic E-state index is 12.7. The Balaban J connectivity index is 2.28. The molecule has 1 aliphatic heterocycles. The molecule has 1 aromatic rings. The molecule has 1 aromatic carbocycles. The number of hydrogen-bond donors (Lipinski definition) is 1. The molecule has 2 rings (SSSR count). The highest BCUT2D eigenvalue weighted by Crippen LogP contribution is 2.26. The molecule has 2 atom stereocenters. The van der Waals surface area contributed by atoms with Crippen molar-refractivity contribution in [1.29, 1.82) is 0 Å². The lowest BCUT2D eigenvalue weighted by molar-refractivity contribution is 0.0549. The van der Waals surface area contributed by atoms with Gasteiger partial charge in [0.25, 0.3) is 0 Å². The lowest BCUT2D eigenvalue weighted by Crippen LogP contribution is -2.54. The number of para-hydroxylation sites is 1. The van der Waals surface area contributed by atoms with E-state index in [2.05, 4.69) is 12.2 Å². The molecular formula is C17H26N2O2. The molecule has 0 spiro atoms. The van der Waals surface area contributed by atoms with E-state index in [1.807, 2.05) is 56.0 Å². The number of carbonyl (C=O) groups excluding carboxylic acids is 1. The average molecular weight is 290 g/mol. The van der Waals surface area contributed by atoms with Gasteiger partial charge in [-0.2, -0.15) is 0 Å². The summed E-state index contributed by atoms with van der Waals surface area (Å²) in [7, 11) is 0. The first-order valence-corrected chi connectivity index (χ1v) is 7.66. The van der Waals surface area contributed by atoms with E-state index in [9.17, 15) is 4.79 Å². The molecule has 1 amide bonds. The summed E-state index contributed by atoms with van der Waals surface area (Å²) in [4.78, 5) is 14.5. The van der Waals surface area contributed by atoms with E-state index in [1.165, 1.54) is 0 Å². The van der Waals surface area contributed by atoms with Gasteiger partial charge in [-0.1, -0.05) is 25.1 Å². The number of hydrogen-bond acceptors (Lipinski definition) is 3. The second-order valence-electron chi connectivity index (χ2n) is 6.72. The third kappa shape index (κ3) is 4.21. The highest BCUT2D eigenvalue weighted by Gasteiger charge is 2.34. The van der Waals surface area contributed by atoms with E-state index in [0.29, 0.717) is 5.92 Å². The van der Waals surface area contributed by atoms with E-state index >= 15 is 0 Å². The van der Waals surface area contributed by atoms with Crippen LogP contribution in [-0.2, 0) is 4.74 Å². The van der Waals surface area contributed by atoms with Crippen LogP contribution < -0.4 is 10.2 Å². The Morgan fingerprint density at radius 3 is 2.52 bits per heavy atom. The highest BCUT2D eigenvalue weighted by molar-refractivity contribution is 5.88. The topological polar surface area (TPSA) is 41.6 Å². The van der Waals surface area contributed by atoms with Gasteiger partial charge in [0.2, 0.25) is 0 Å². The summed E-state index contributed by atoms with van der Waals surface area (Å²) in [6, 6.07) is 9.91. The molecule has 0 radical (unpaired) electrons. The van der Waals surface area contributed by atoms with Crippen LogP contribution in [-0.4, -0.2) is 30.8 Å². The molecule has 4 nitrogen and oxygen atoms in total. The van der Waals surface area contributed by atoms with Crippen molar-refractivity contribution < 1.29 is 9.53 Å². The average Bonchev–Trinajstić information content (AvgIpc) is 2.40. The third-order valence-corrected chi connectivity index (χ3v) is 3.74. The number of rotatable bonds is 2. The van der Waals surface area contributed by atoms with Gasteiger partial charge in [-0.05, 0) is 51.8 Å². The van der Waals surface area contributed by atoms with E-state index in [0.717, 1.165) is 25.2 Å². The first-order valence-electron chi connectivity index (χ1n) is 7.66. The van der Waals surface area contributed by atoms with Crippen molar-refractivity contribution in [3.05, 3.63) is 30.3 Å². The minimum atomic E-state index is -0.491. The van der Waals surface area contributed by atoms with E-state index in [4.69, 9.17) is 4.74 Å². The molecule has 21 heavy (non-hydrogen) atoms. The van der Waals surface area contributed by atoms with Gasteiger partial charge in [0, 0.05) is 12.2 Å². The minimum absolute atomic E-state index is 0.121. The molecular weight excluding hydrogens is 264 g/mol. The molecule has 1 N–H and O–H groups in total. The quantitative estimate of drug-likeness (QED) is 0.907. The summed E-state index contributed by atoms with van der Waals surface area (Å²) in [5, 5.41) is 3.38. The zero-order chi connectivity index (χ0) is 15.5. The van der Waals surface area contributed by atoms with E-state index in [-0.39, 0.29) is 12.1 Å². The monoisotopic (exact) mass is 290 g/mol. The molecule has 0 bridgehead atoms. The predicted molar refractivity (Wildman–Crippen MR) is 85.6 cm³/mol. The molecule has 1 aliphatic rings. The predicted octanol–water partition coefficient (Wildman–Crippen LogP) is 3.43. The zero-order valence-corrected chi connectivity index (χ0v) is 13.4. The fraction of sp³-hybridized carbons (Fsp3) is 0.588. The van der Waals surface area contributed by atoms with E-state index < -0.39 is 5.60 Å². The fourth-order valence-corrected chi connectivity index (χ4v) is 2.65. The van der Waals surface area contributed by atoms with Crippen LogP contribution in [0.5, 0.6) is 0 Å². The maximum Gasteiger partial charge on any atom is 0.415 e. The third-order valence-electron chi connectivity index (χ3n) is 3.74. The zero-order valence-electron chi connectivity index (χ0n) is 13.4. The number of carbonyl (C=O) groups is 1. The van der Waals surface area contributed by atoms with E-state index in [1.54, 1.807) is 0 Å². The van der Waals surface area contributed by atoms with Gasteiger partial charge >= 0.3 is 6.09 Å². The molecule has 1 saturated heterocycles. The number of anilines is 1. The Morgan fingerprint density at radius 2 is 1.95 bits per heavy atom. The second-order valence-corrected chi connectivity index (χ2v) is 6.72. The molecule has 2 unspecified atom stereocenters.